The van der Waals surface area contributed by atoms with Crippen LogP contribution in [0.1, 0.15) is 20.8 Å². The summed E-state index contributed by atoms with van der Waals surface area (Å²) in [5, 5.41) is 21.3. The number of nitrogens with zero attached hydrogens (tertiary/aromatic N) is 1. The first-order chi connectivity index (χ1) is 5.24. The Balaban J connectivity index is -0.000000202. The number of carbonyl (C=O) groups is 1. The molecule has 0 spiro atoms. The number of hydrogen-bond donors (Lipinski definition) is 2. The van der Waals surface area contributed by atoms with Crippen LogP contribution in [0.25, 0.3) is 17.6 Å². The Morgan fingerprint density at radius 3 is 1.67 bits per heavy atom. The molecule has 0 heterocycles. The fourth-order valence-electron chi connectivity index (χ4n) is 0.660. The van der Waals surface area contributed by atoms with Crippen LogP contribution in [-0.2, 0) is 25.9 Å². The second-order valence-electron chi connectivity index (χ2n) is 3.53. The fraction of sp³-hybridized carbons (Fsp3) is 0.625. The molecule has 7 heteroatoms. The molecule has 0 radical (unpaired) electrons. The third kappa shape index (κ3) is 11.5. The molecule has 0 aliphatic carbocycles. The van der Waals surface area contributed by atoms with Crippen LogP contribution in [0.3, 0.4) is 0 Å². The van der Waals surface area contributed by atoms with Crippen molar-refractivity contribution in [2.45, 2.75) is 32.4 Å². The van der Waals surface area contributed by atoms with Gasteiger partial charge in [-0.05, 0) is 0 Å². The average molecular weight is 399 g/mol. The smallest absolute Gasteiger partial charge is 0.293 e. The van der Waals surface area contributed by atoms with Crippen LogP contribution in [-0.4, -0.2) is 27.8 Å². The van der Waals surface area contributed by atoms with E-state index >= 15 is 0 Å². The van der Waals surface area contributed by atoms with Crippen molar-refractivity contribution in [2.75, 3.05) is 0 Å². The van der Waals surface area contributed by atoms with E-state index in [0.717, 1.165) is 0 Å². The van der Waals surface area contributed by atoms with Gasteiger partial charge >= 0.3 is 0 Å². The van der Waals surface area contributed by atoms with E-state index in [1.165, 1.54) is 0 Å². The van der Waals surface area contributed by atoms with Gasteiger partial charge in [0.1, 0.15) is 0 Å². The summed E-state index contributed by atoms with van der Waals surface area (Å²) >= 11 is 0. The molecule has 0 fully saturated rings. The minimum absolute atomic E-state index is 0. The van der Waals surface area contributed by atoms with E-state index in [9.17, 15) is 4.79 Å². The summed E-state index contributed by atoms with van der Waals surface area (Å²) in [5.41, 5.74) is -0.491. The molecule has 0 aromatic carbocycles. The standard InChI is InChI=1S/C8H14NO3.2H2N.Pt/c1-5(10)6(7(11)12)9-8(2,3)4;;;/h6,10H,1H2,2-4H3,(H,11,12);2*1H2;/q3*-1;. The van der Waals surface area contributed by atoms with Crippen LogP contribution in [0.2, 0.25) is 0 Å². The van der Waals surface area contributed by atoms with E-state index in [1.807, 2.05) is 0 Å². The van der Waals surface area contributed by atoms with Gasteiger partial charge in [0.05, 0.1) is 5.76 Å². The van der Waals surface area contributed by atoms with Gasteiger partial charge in [0.15, 0.2) is 0 Å². The molecule has 15 heavy (non-hydrogen) atoms. The Labute approximate surface area is 105 Å². The molecule has 1 unspecified atom stereocenters. The molecule has 0 aromatic rings. The van der Waals surface area contributed by atoms with Crippen molar-refractivity contribution in [3.63, 3.8) is 0 Å². The number of hydrogen-bond acceptors (Lipinski definition) is 2. The first-order valence-corrected chi connectivity index (χ1v) is 3.56. The molecule has 0 bridgehead atoms. The molecule has 0 saturated heterocycles. The zero-order chi connectivity index (χ0) is 9.94. The van der Waals surface area contributed by atoms with Crippen molar-refractivity contribution in [2.24, 2.45) is 0 Å². The van der Waals surface area contributed by atoms with Crippen LogP contribution in [0.15, 0.2) is 12.3 Å². The summed E-state index contributed by atoms with van der Waals surface area (Å²) in [5.74, 6) is -1.62. The van der Waals surface area contributed by atoms with Gasteiger partial charge in [-0.3, -0.25) is 4.79 Å². The molecule has 6 N–H and O–H groups in total. The van der Waals surface area contributed by atoms with Crippen LogP contribution >= 0.6 is 0 Å². The Bertz CT molecular complexity index is 190. The number of aliphatic hydroxyl groups excluding tert-OH is 1. The topological polar surface area (TPSA) is 139 Å². The second-order valence-corrected chi connectivity index (χ2v) is 3.53. The molecule has 0 aliphatic rings. The molecule has 1 atom stereocenters. The first kappa shape index (κ1) is 24.0. The molecule has 0 rings (SSSR count). The normalized spacial score (nSPS) is 11.1. The Kier molecular flexibility index (Phi) is 14.2. The predicted molar refractivity (Wildman–Crippen MR) is 56.9 cm³/mol. The second kappa shape index (κ2) is 8.85. The van der Waals surface area contributed by atoms with E-state index < -0.39 is 23.3 Å². The summed E-state index contributed by atoms with van der Waals surface area (Å²) in [6.45, 7) is 8.41. The van der Waals surface area contributed by atoms with Crippen LogP contribution in [0, 0.1) is 0 Å². The van der Waals surface area contributed by atoms with Gasteiger partial charge in [-0.2, -0.15) is 0 Å². The summed E-state index contributed by atoms with van der Waals surface area (Å²) in [7, 11) is 0. The van der Waals surface area contributed by atoms with E-state index in [0.29, 0.717) is 0 Å². The molecular formula is C8H18N3O3Pt-3. The third-order valence-electron chi connectivity index (χ3n) is 1.07. The largest absolute Gasteiger partial charge is 0.693 e. The quantitative estimate of drug-likeness (QED) is 0.705. The zero-order valence-electron chi connectivity index (χ0n) is 9.01. The number of nitrogens with two attached hydrogens (primary N) is 2. The molecule has 6 nitrogen and oxygen atoms in total. The van der Waals surface area contributed by atoms with Crippen LogP contribution < -0.4 is 0 Å². The number of carboxylic acid groups (broad SMARTS) is 1. The maximum absolute atomic E-state index is 10.5. The van der Waals surface area contributed by atoms with Crippen LogP contribution in [0.5, 0.6) is 0 Å². The van der Waals surface area contributed by atoms with Crippen molar-refractivity contribution < 1.29 is 36.1 Å². The number of aliphatic hydroxyl groups is 1. The number of rotatable bonds is 3. The molecule has 0 saturated carbocycles. The molecule has 0 amide bonds. The summed E-state index contributed by atoms with van der Waals surface area (Å²) in [6, 6.07) is -1.22. The molecule has 96 valence electrons. The SMILES string of the molecule is C=C(O)C([N-]C(C)(C)C)C(=O)O.[NH2-].[NH2-].[Pt]. The summed E-state index contributed by atoms with van der Waals surface area (Å²) in [4.78, 5) is 10.5. The van der Waals surface area contributed by atoms with E-state index in [1.54, 1.807) is 20.8 Å². The van der Waals surface area contributed by atoms with Crippen molar-refractivity contribution in [1.82, 2.24) is 0 Å². The van der Waals surface area contributed by atoms with Crippen molar-refractivity contribution in [3.8, 4) is 0 Å². The predicted octanol–water partition coefficient (Wildman–Crippen LogP) is 3.12. The third-order valence-corrected chi connectivity index (χ3v) is 1.07. The van der Waals surface area contributed by atoms with Gasteiger partial charge in [0, 0.05) is 27.1 Å². The average Bonchev–Trinajstić information content (AvgIpc) is 1.79. The van der Waals surface area contributed by atoms with Crippen molar-refractivity contribution in [3.05, 3.63) is 30.0 Å². The van der Waals surface area contributed by atoms with E-state index in [-0.39, 0.29) is 33.4 Å². The van der Waals surface area contributed by atoms with Crippen molar-refractivity contribution >= 4 is 5.97 Å². The first-order valence-electron chi connectivity index (χ1n) is 3.56. The molecule has 0 aliphatic heterocycles. The Hall–Kier alpha value is -0.422. The minimum Gasteiger partial charge on any atom is -0.693 e. The summed E-state index contributed by atoms with van der Waals surface area (Å²) in [6.07, 6.45) is 0. The van der Waals surface area contributed by atoms with Gasteiger partial charge in [0.25, 0.3) is 5.97 Å². The summed E-state index contributed by atoms with van der Waals surface area (Å²) < 4.78 is 0. The maximum Gasteiger partial charge on any atom is 0.293 e. The van der Waals surface area contributed by atoms with Gasteiger partial charge in [-0.1, -0.05) is 27.4 Å². The minimum atomic E-state index is -1.22. The van der Waals surface area contributed by atoms with Gasteiger partial charge in [-0.25, -0.2) is 0 Å². The molecular weight excluding hydrogens is 381 g/mol. The zero-order valence-corrected chi connectivity index (χ0v) is 11.3. The number of carboxylic acids is 1. The van der Waals surface area contributed by atoms with Gasteiger partial charge in [-0.15, -0.1) is 5.54 Å². The fourth-order valence-corrected chi connectivity index (χ4v) is 0.660. The maximum atomic E-state index is 10.5. The van der Waals surface area contributed by atoms with Crippen LogP contribution in [0.4, 0.5) is 0 Å². The Morgan fingerprint density at radius 2 is 1.60 bits per heavy atom. The monoisotopic (exact) mass is 399 g/mol. The van der Waals surface area contributed by atoms with Gasteiger partial charge in [0.2, 0.25) is 0 Å². The molecule has 0 aromatic heterocycles. The Morgan fingerprint density at radius 1 is 1.27 bits per heavy atom. The van der Waals surface area contributed by atoms with Gasteiger partial charge < -0.3 is 27.8 Å². The van der Waals surface area contributed by atoms with E-state index in [4.69, 9.17) is 10.2 Å². The number of aliphatic carboxylic acids is 1. The van der Waals surface area contributed by atoms with Crippen molar-refractivity contribution in [1.29, 1.82) is 0 Å². The van der Waals surface area contributed by atoms with E-state index in [2.05, 4.69) is 11.9 Å².